The smallest absolute Gasteiger partial charge is 0.238 e. The highest BCUT2D eigenvalue weighted by Gasteiger charge is 2.31. The van der Waals surface area contributed by atoms with E-state index < -0.39 is 0 Å². The molecule has 1 fully saturated rings. The number of methoxy groups -OCH3 is 2. The largest absolute Gasteiger partial charge is 0.496 e. The van der Waals surface area contributed by atoms with Crippen molar-refractivity contribution < 1.29 is 9.47 Å². The topological polar surface area (TPSA) is 79.9 Å². The van der Waals surface area contributed by atoms with Crippen molar-refractivity contribution >= 4 is 0 Å². The lowest BCUT2D eigenvalue weighted by atomic mass is 9.89. The minimum atomic E-state index is 0.216. The van der Waals surface area contributed by atoms with Gasteiger partial charge in [0.05, 0.1) is 26.2 Å². The van der Waals surface area contributed by atoms with Crippen molar-refractivity contribution in [3.63, 3.8) is 0 Å². The average molecular weight is 457 g/mol. The van der Waals surface area contributed by atoms with Gasteiger partial charge in [-0.1, -0.05) is 12.1 Å². The second-order valence-corrected chi connectivity index (χ2v) is 9.13. The molecule has 2 aliphatic rings. The van der Waals surface area contributed by atoms with Crippen LogP contribution in [0.15, 0.2) is 42.9 Å². The van der Waals surface area contributed by atoms with Gasteiger partial charge in [0.25, 0.3) is 0 Å². The fourth-order valence-corrected chi connectivity index (χ4v) is 4.92. The second-order valence-electron chi connectivity index (χ2n) is 9.13. The van der Waals surface area contributed by atoms with E-state index in [4.69, 9.17) is 24.5 Å². The number of aromatic nitrogens is 6. The van der Waals surface area contributed by atoms with Gasteiger partial charge in [0.2, 0.25) is 5.88 Å². The molecule has 1 saturated carbocycles. The van der Waals surface area contributed by atoms with E-state index in [-0.39, 0.29) is 5.92 Å². The molecule has 1 aliphatic heterocycles. The third kappa shape index (κ3) is 3.63. The first-order valence-electron chi connectivity index (χ1n) is 11.8. The number of benzene rings is 1. The van der Waals surface area contributed by atoms with Crippen molar-refractivity contribution in [1.82, 2.24) is 29.3 Å². The SMILES string of the molecule is COc1ccc([C@@H]2CCCn3nc(-c4ccc(-n5cnc(C)c5)c(OC)n4)nc32)cc1C1CC1. The Kier molecular flexibility index (Phi) is 5.08. The van der Waals surface area contributed by atoms with Gasteiger partial charge in [-0.05, 0) is 67.9 Å². The van der Waals surface area contributed by atoms with Gasteiger partial charge >= 0.3 is 0 Å². The number of ether oxygens (including phenoxy) is 2. The van der Waals surface area contributed by atoms with Crippen LogP contribution in [-0.4, -0.2) is 43.5 Å². The summed E-state index contributed by atoms with van der Waals surface area (Å²) in [4.78, 5) is 14.0. The number of aryl methyl sites for hydroxylation is 2. The van der Waals surface area contributed by atoms with Crippen molar-refractivity contribution in [2.75, 3.05) is 14.2 Å². The molecule has 4 aromatic rings. The Hall–Kier alpha value is -3.68. The highest BCUT2D eigenvalue weighted by Crippen LogP contribution is 2.46. The fraction of sp³-hybridized carbons (Fsp3) is 0.385. The highest BCUT2D eigenvalue weighted by molar-refractivity contribution is 5.56. The summed E-state index contributed by atoms with van der Waals surface area (Å²) in [5, 5.41) is 4.83. The van der Waals surface area contributed by atoms with E-state index in [1.165, 1.54) is 24.0 Å². The van der Waals surface area contributed by atoms with E-state index in [1.54, 1.807) is 20.5 Å². The van der Waals surface area contributed by atoms with Crippen molar-refractivity contribution in [2.45, 2.75) is 51.0 Å². The maximum Gasteiger partial charge on any atom is 0.238 e. The minimum absolute atomic E-state index is 0.216. The average Bonchev–Trinajstić information content (AvgIpc) is 3.48. The third-order valence-electron chi connectivity index (χ3n) is 6.80. The van der Waals surface area contributed by atoms with Gasteiger partial charge in [0, 0.05) is 18.7 Å². The molecule has 1 aromatic carbocycles. The molecule has 174 valence electrons. The Labute approximate surface area is 198 Å². The maximum atomic E-state index is 5.63. The van der Waals surface area contributed by atoms with Gasteiger partial charge in [-0.25, -0.2) is 19.6 Å². The molecule has 8 heteroatoms. The zero-order valence-corrected chi connectivity index (χ0v) is 19.7. The summed E-state index contributed by atoms with van der Waals surface area (Å²) in [6.07, 6.45) is 8.32. The fourth-order valence-electron chi connectivity index (χ4n) is 4.92. The molecule has 3 aromatic heterocycles. The van der Waals surface area contributed by atoms with Gasteiger partial charge < -0.3 is 14.0 Å². The number of hydrogen-bond donors (Lipinski definition) is 0. The zero-order chi connectivity index (χ0) is 23.2. The van der Waals surface area contributed by atoms with Gasteiger partial charge in [-0.15, -0.1) is 5.10 Å². The van der Waals surface area contributed by atoms with Crippen LogP contribution >= 0.6 is 0 Å². The molecular formula is C26H28N6O2. The predicted octanol–water partition coefficient (Wildman–Crippen LogP) is 4.65. The van der Waals surface area contributed by atoms with Crippen LogP contribution in [0.1, 0.15) is 60.2 Å². The molecule has 6 rings (SSSR count). The monoisotopic (exact) mass is 456 g/mol. The number of rotatable bonds is 6. The molecule has 0 N–H and O–H groups in total. The third-order valence-corrected chi connectivity index (χ3v) is 6.80. The molecule has 4 heterocycles. The maximum absolute atomic E-state index is 5.63. The Morgan fingerprint density at radius 3 is 2.62 bits per heavy atom. The molecule has 0 amide bonds. The van der Waals surface area contributed by atoms with Crippen LogP contribution in [-0.2, 0) is 6.54 Å². The Bertz CT molecular complexity index is 1350. The summed E-state index contributed by atoms with van der Waals surface area (Å²) in [7, 11) is 3.38. The summed E-state index contributed by atoms with van der Waals surface area (Å²) in [6, 6.07) is 10.5. The Balaban J connectivity index is 1.36. The number of imidazole rings is 1. The standard InChI is InChI=1S/C26H28N6O2/c1-16-14-31(15-27-16)22-10-9-21(28-26(22)34-3)24-29-25-19(5-4-12-32(25)30-24)18-8-11-23(33-2)20(13-18)17-6-7-17/h8-11,13-15,17,19H,4-7,12H2,1-3H3/t19-/m0/s1. The molecule has 0 saturated heterocycles. The van der Waals surface area contributed by atoms with E-state index in [1.807, 2.05) is 34.5 Å². The van der Waals surface area contributed by atoms with E-state index >= 15 is 0 Å². The number of nitrogens with zero attached hydrogens (tertiary/aromatic N) is 6. The first-order valence-corrected chi connectivity index (χ1v) is 11.8. The highest BCUT2D eigenvalue weighted by atomic mass is 16.5. The van der Waals surface area contributed by atoms with Crippen molar-refractivity contribution in [3.8, 4) is 28.8 Å². The van der Waals surface area contributed by atoms with E-state index in [2.05, 4.69) is 23.2 Å². The predicted molar refractivity (Wildman–Crippen MR) is 128 cm³/mol. The molecule has 0 radical (unpaired) electrons. The first kappa shape index (κ1) is 20.9. The molecule has 1 atom stereocenters. The van der Waals surface area contributed by atoms with E-state index in [0.717, 1.165) is 42.3 Å². The quantitative estimate of drug-likeness (QED) is 0.420. The second kappa shape index (κ2) is 8.27. The molecular weight excluding hydrogens is 428 g/mol. The van der Waals surface area contributed by atoms with Crippen molar-refractivity contribution in [1.29, 1.82) is 0 Å². The van der Waals surface area contributed by atoms with Crippen LogP contribution in [0.4, 0.5) is 0 Å². The lowest BCUT2D eigenvalue weighted by Gasteiger charge is -2.23. The molecule has 34 heavy (non-hydrogen) atoms. The van der Waals surface area contributed by atoms with Crippen LogP contribution in [0.2, 0.25) is 0 Å². The van der Waals surface area contributed by atoms with Gasteiger partial charge in [0.15, 0.2) is 5.82 Å². The van der Waals surface area contributed by atoms with Gasteiger partial charge in [-0.3, -0.25) is 0 Å². The number of pyridine rings is 1. The van der Waals surface area contributed by atoms with Crippen LogP contribution in [0.3, 0.4) is 0 Å². The first-order chi connectivity index (χ1) is 16.6. The molecule has 0 spiro atoms. The van der Waals surface area contributed by atoms with Crippen molar-refractivity contribution in [3.05, 3.63) is 65.5 Å². The molecule has 8 nitrogen and oxygen atoms in total. The summed E-state index contributed by atoms with van der Waals surface area (Å²) < 4.78 is 15.2. The number of fused-ring (bicyclic) bond motifs is 1. The zero-order valence-electron chi connectivity index (χ0n) is 19.7. The van der Waals surface area contributed by atoms with Crippen LogP contribution in [0.25, 0.3) is 17.2 Å². The molecule has 0 bridgehead atoms. The van der Waals surface area contributed by atoms with Gasteiger partial charge in [0.1, 0.15) is 23.0 Å². The van der Waals surface area contributed by atoms with Crippen LogP contribution in [0.5, 0.6) is 11.6 Å². The summed E-state index contributed by atoms with van der Waals surface area (Å²) >= 11 is 0. The minimum Gasteiger partial charge on any atom is -0.496 e. The normalized spacial score (nSPS) is 17.4. The van der Waals surface area contributed by atoms with Crippen molar-refractivity contribution in [2.24, 2.45) is 0 Å². The Morgan fingerprint density at radius 2 is 1.88 bits per heavy atom. The summed E-state index contributed by atoms with van der Waals surface area (Å²) in [5.41, 5.74) is 5.09. The van der Waals surface area contributed by atoms with Gasteiger partial charge in [-0.2, -0.15) is 0 Å². The molecule has 0 unspecified atom stereocenters. The lowest BCUT2D eigenvalue weighted by molar-refractivity contribution is 0.396. The number of hydrogen-bond acceptors (Lipinski definition) is 6. The summed E-state index contributed by atoms with van der Waals surface area (Å²) in [5.74, 6) is 3.99. The van der Waals surface area contributed by atoms with Crippen LogP contribution < -0.4 is 9.47 Å². The van der Waals surface area contributed by atoms with Crippen LogP contribution in [0, 0.1) is 6.92 Å². The lowest BCUT2D eigenvalue weighted by Crippen LogP contribution is -2.18. The summed E-state index contributed by atoms with van der Waals surface area (Å²) in [6.45, 7) is 2.82. The molecule has 1 aliphatic carbocycles. The van der Waals surface area contributed by atoms with E-state index in [9.17, 15) is 0 Å². The Morgan fingerprint density at radius 1 is 1.00 bits per heavy atom. The van der Waals surface area contributed by atoms with E-state index in [0.29, 0.717) is 23.3 Å².